The van der Waals surface area contributed by atoms with Crippen LogP contribution < -0.4 is 19.9 Å². The highest BCUT2D eigenvalue weighted by Gasteiger charge is 2.22. The summed E-state index contributed by atoms with van der Waals surface area (Å²) in [5.41, 5.74) is 7.25. The van der Waals surface area contributed by atoms with Crippen molar-refractivity contribution in [3.63, 3.8) is 0 Å². The van der Waals surface area contributed by atoms with Gasteiger partial charge in [0, 0.05) is 18.2 Å². The van der Waals surface area contributed by atoms with Crippen LogP contribution in [0.2, 0.25) is 0 Å². The second-order valence-electron chi connectivity index (χ2n) is 8.03. The Balaban J connectivity index is 1.27. The molecular formula is C26H20N4O6. The van der Waals surface area contributed by atoms with Crippen molar-refractivity contribution in [2.45, 2.75) is 18.9 Å². The molecule has 5 rings (SSSR count). The SMILES string of the molecule is NC(=O)c1cccc(Oc2ccc3c(c2)CCC(c2cccc(Oc4ccc([N+](=O)[O-])cn4)c2)O3)n1. The van der Waals surface area contributed by atoms with Crippen molar-refractivity contribution in [3.05, 3.63) is 106 Å². The van der Waals surface area contributed by atoms with Crippen LogP contribution >= 0.6 is 0 Å². The van der Waals surface area contributed by atoms with Crippen molar-refractivity contribution < 1.29 is 23.9 Å². The highest BCUT2D eigenvalue weighted by molar-refractivity contribution is 5.90. The number of benzene rings is 2. The smallest absolute Gasteiger partial charge is 0.287 e. The molecule has 0 aliphatic carbocycles. The van der Waals surface area contributed by atoms with E-state index >= 15 is 0 Å². The molecule has 1 unspecified atom stereocenters. The summed E-state index contributed by atoms with van der Waals surface area (Å²) in [6, 6.07) is 20.6. The number of nitrogens with zero attached hydrogens (tertiary/aromatic N) is 3. The standard InChI is InChI=1S/C26H20N4O6/c27-26(31)21-5-2-6-25(29-21)35-20-9-11-23-17(14-20)7-10-22(36-23)16-3-1-4-19(13-16)34-24-12-8-18(15-28-24)30(32)33/h1-6,8-9,11-15,22H,7,10H2,(H2,27,31). The molecule has 4 aromatic rings. The summed E-state index contributed by atoms with van der Waals surface area (Å²) in [6.45, 7) is 0. The van der Waals surface area contributed by atoms with E-state index in [2.05, 4.69) is 9.97 Å². The number of rotatable bonds is 7. The predicted octanol–water partition coefficient (Wildman–Crippen LogP) is 5.13. The summed E-state index contributed by atoms with van der Waals surface area (Å²) < 4.78 is 17.8. The number of hydrogen-bond donors (Lipinski definition) is 1. The van der Waals surface area contributed by atoms with Crippen molar-refractivity contribution >= 4 is 11.6 Å². The number of carbonyl (C=O) groups is 1. The van der Waals surface area contributed by atoms with Gasteiger partial charge in [0.05, 0.1) is 4.92 Å². The Hall–Kier alpha value is -4.99. The number of aromatic nitrogens is 2. The summed E-state index contributed by atoms with van der Waals surface area (Å²) >= 11 is 0. The lowest BCUT2D eigenvalue weighted by Crippen LogP contribution is -2.15. The van der Waals surface area contributed by atoms with Gasteiger partial charge in [-0.3, -0.25) is 14.9 Å². The van der Waals surface area contributed by atoms with Gasteiger partial charge in [0.15, 0.2) is 0 Å². The Kier molecular flexibility index (Phi) is 6.14. The zero-order valence-electron chi connectivity index (χ0n) is 18.9. The fourth-order valence-corrected chi connectivity index (χ4v) is 3.83. The van der Waals surface area contributed by atoms with Crippen LogP contribution in [-0.2, 0) is 6.42 Å². The Labute approximate surface area is 205 Å². The first kappa shape index (κ1) is 22.8. The van der Waals surface area contributed by atoms with E-state index in [1.54, 1.807) is 24.3 Å². The molecule has 10 heteroatoms. The molecule has 36 heavy (non-hydrogen) atoms. The Morgan fingerprint density at radius 3 is 2.58 bits per heavy atom. The lowest BCUT2D eigenvalue weighted by molar-refractivity contribution is -0.385. The normalized spacial score (nSPS) is 14.3. The largest absolute Gasteiger partial charge is 0.485 e. The molecule has 2 aromatic heterocycles. The number of fused-ring (bicyclic) bond motifs is 1. The van der Waals surface area contributed by atoms with E-state index in [0.717, 1.165) is 35.9 Å². The third-order valence-corrected chi connectivity index (χ3v) is 5.56. The first-order valence-electron chi connectivity index (χ1n) is 11.1. The molecule has 0 bridgehead atoms. The van der Waals surface area contributed by atoms with Crippen molar-refractivity contribution in [2.24, 2.45) is 5.73 Å². The number of hydrogen-bond acceptors (Lipinski definition) is 8. The molecule has 180 valence electrons. The predicted molar refractivity (Wildman–Crippen MR) is 128 cm³/mol. The third kappa shape index (κ3) is 5.07. The zero-order chi connectivity index (χ0) is 25.1. The number of amides is 1. The maximum Gasteiger partial charge on any atom is 0.287 e. The molecular weight excluding hydrogens is 464 g/mol. The molecule has 0 radical (unpaired) electrons. The molecule has 1 aliphatic rings. The van der Waals surface area contributed by atoms with Crippen molar-refractivity contribution in [1.29, 1.82) is 0 Å². The van der Waals surface area contributed by atoms with Crippen LogP contribution in [0, 0.1) is 10.1 Å². The maximum absolute atomic E-state index is 11.3. The van der Waals surface area contributed by atoms with Gasteiger partial charge in [0.2, 0.25) is 11.8 Å². The van der Waals surface area contributed by atoms with Crippen LogP contribution in [-0.4, -0.2) is 20.8 Å². The molecule has 2 N–H and O–H groups in total. The van der Waals surface area contributed by atoms with Crippen LogP contribution in [0.4, 0.5) is 5.69 Å². The monoisotopic (exact) mass is 484 g/mol. The van der Waals surface area contributed by atoms with E-state index in [1.807, 2.05) is 30.3 Å². The first-order valence-corrected chi connectivity index (χ1v) is 11.1. The molecule has 1 amide bonds. The van der Waals surface area contributed by atoms with E-state index in [4.69, 9.17) is 19.9 Å². The minimum atomic E-state index is -0.621. The number of primary amides is 1. The van der Waals surface area contributed by atoms with Gasteiger partial charge in [0.25, 0.3) is 11.6 Å². The molecule has 1 aliphatic heterocycles. The fraction of sp³-hybridized carbons (Fsp3) is 0.115. The van der Waals surface area contributed by atoms with E-state index in [0.29, 0.717) is 11.5 Å². The summed E-state index contributed by atoms with van der Waals surface area (Å²) in [6.07, 6.45) is 2.49. The topological polar surface area (TPSA) is 140 Å². The van der Waals surface area contributed by atoms with Crippen LogP contribution in [0.15, 0.2) is 79.0 Å². The Bertz CT molecular complexity index is 1440. The summed E-state index contributed by atoms with van der Waals surface area (Å²) in [4.78, 5) is 29.7. The average molecular weight is 484 g/mol. The molecule has 10 nitrogen and oxygen atoms in total. The lowest BCUT2D eigenvalue weighted by atomic mass is 9.97. The van der Waals surface area contributed by atoms with Gasteiger partial charge in [-0.1, -0.05) is 18.2 Å². The van der Waals surface area contributed by atoms with Crippen molar-refractivity contribution in [2.75, 3.05) is 0 Å². The highest BCUT2D eigenvalue weighted by Crippen LogP contribution is 2.38. The van der Waals surface area contributed by atoms with Gasteiger partial charge in [-0.15, -0.1) is 0 Å². The molecule has 3 heterocycles. The maximum atomic E-state index is 11.3. The molecule has 2 aromatic carbocycles. The van der Waals surface area contributed by atoms with E-state index in [9.17, 15) is 14.9 Å². The van der Waals surface area contributed by atoms with Crippen LogP contribution in [0.5, 0.6) is 29.0 Å². The van der Waals surface area contributed by atoms with Crippen molar-refractivity contribution in [1.82, 2.24) is 9.97 Å². The van der Waals surface area contributed by atoms with Crippen LogP contribution in [0.3, 0.4) is 0 Å². The number of aryl methyl sites for hydroxylation is 1. The van der Waals surface area contributed by atoms with E-state index < -0.39 is 10.8 Å². The van der Waals surface area contributed by atoms with Gasteiger partial charge in [0.1, 0.15) is 35.2 Å². The average Bonchev–Trinajstić information content (AvgIpc) is 2.89. The lowest BCUT2D eigenvalue weighted by Gasteiger charge is -2.27. The third-order valence-electron chi connectivity index (χ3n) is 5.56. The summed E-state index contributed by atoms with van der Waals surface area (Å²) in [5, 5.41) is 10.8. The quantitative estimate of drug-likeness (QED) is 0.281. The Morgan fingerprint density at radius 2 is 1.81 bits per heavy atom. The highest BCUT2D eigenvalue weighted by atomic mass is 16.6. The van der Waals surface area contributed by atoms with E-state index in [1.165, 1.54) is 18.2 Å². The number of nitro groups is 1. The number of carbonyl (C=O) groups excluding carboxylic acids is 1. The number of ether oxygens (including phenoxy) is 3. The number of pyridine rings is 2. The fourth-order valence-electron chi connectivity index (χ4n) is 3.83. The molecule has 0 saturated heterocycles. The van der Waals surface area contributed by atoms with Crippen LogP contribution in [0.25, 0.3) is 0 Å². The zero-order valence-corrected chi connectivity index (χ0v) is 18.9. The van der Waals surface area contributed by atoms with Crippen molar-refractivity contribution in [3.8, 4) is 29.0 Å². The summed E-state index contributed by atoms with van der Waals surface area (Å²) in [5.74, 6) is 1.80. The molecule has 0 saturated carbocycles. The number of nitrogens with two attached hydrogens (primary N) is 1. The minimum Gasteiger partial charge on any atom is -0.485 e. The summed E-state index contributed by atoms with van der Waals surface area (Å²) in [7, 11) is 0. The van der Waals surface area contributed by atoms with Gasteiger partial charge in [-0.2, -0.15) is 0 Å². The Morgan fingerprint density at radius 1 is 1.00 bits per heavy atom. The second kappa shape index (κ2) is 9.71. The molecule has 0 spiro atoms. The first-order chi connectivity index (χ1) is 17.4. The minimum absolute atomic E-state index is 0.102. The van der Waals surface area contributed by atoms with Gasteiger partial charge < -0.3 is 19.9 Å². The van der Waals surface area contributed by atoms with E-state index in [-0.39, 0.29) is 29.2 Å². The molecule has 1 atom stereocenters. The van der Waals surface area contributed by atoms with Gasteiger partial charge in [-0.25, -0.2) is 9.97 Å². The van der Waals surface area contributed by atoms with Crippen LogP contribution in [0.1, 0.15) is 34.1 Å². The second-order valence-corrected chi connectivity index (χ2v) is 8.03. The molecule has 0 fully saturated rings. The van der Waals surface area contributed by atoms with Gasteiger partial charge >= 0.3 is 0 Å². The van der Waals surface area contributed by atoms with Gasteiger partial charge in [-0.05, 0) is 60.4 Å².